The molecule has 2 aromatic carbocycles. The van der Waals surface area contributed by atoms with Crippen LogP contribution in [0.25, 0.3) is 11.0 Å². The van der Waals surface area contributed by atoms with E-state index in [0.717, 1.165) is 49.1 Å². The second-order valence-corrected chi connectivity index (χ2v) is 6.74. The van der Waals surface area contributed by atoms with Crippen LogP contribution >= 0.6 is 0 Å². The van der Waals surface area contributed by atoms with Crippen LogP contribution in [0.3, 0.4) is 0 Å². The van der Waals surface area contributed by atoms with Crippen LogP contribution in [-0.4, -0.2) is 29.0 Å². The number of anilines is 1. The molecule has 5 nitrogen and oxygen atoms in total. The summed E-state index contributed by atoms with van der Waals surface area (Å²) in [4.78, 5) is 21.7. The lowest BCUT2D eigenvalue weighted by molar-refractivity contribution is 0.100. The summed E-state index contributed by atoms with van der Waals surface area (Å²) < 4.78 is 0. The summed E-state index contributed by atoms with van der Waals surface area (Å²) in [7, 11) is 0. The van der Waals surface area contributed by atoms with Crippen molar-refractivity contribution >= 4 is 22.6 Å². The van der Waals surface area contributed by atoms with Crippen molar-refractivity contribution in [3.05, 3.63) is 59.9 Å². The molecule has 0 bridgehead atoms. The normalized spacial score (nSPS) is 15.6. The van der Waals surface area contributed by atoms with Gasteiger partial charge in [-0.05, 0) is 42.9 Å². The summed E-state index contributed by atoms with van der Waals surface area (Å²) in [6.07, 6.45) is 4.99. The number of nitrogens with zero attached hydrogens (tertiary/aromatic N) is 2. The minimum atomic E-state index is -0.397. The third kappa shape index (κ3) is 3.09. The largest absolute Gasteiger partial charge is 0.369 e. The molecule has 1 amide bonds. The molecule has 1 aliphatic rings. The number of amides is 1. The van der Waals surface area contributed by atoms with Crippen molar-refractivity contribution in [2.24, 2.45) is 11.7 Å². The third-order valence-electron chi connectivity index (χ3n) is 5.13. The van der Waals surface area contributed by atoms with Gasteiger partial charge in [0, 0.05) is 13.1 Å². The Morgan fingerprint density at radius 3 is 2.64 bits per heavy atom. The van der Waals surface area contributed by atoms with Gasteiger partial charge in [-0.15, -0.1) is 0 Å². The molecule has 25 heavy (non-hydrogen) atoms. The van der Waals surface area contributed by atoms with Crippen LogP contribution in [0.5, 0.6) is 0 Å². The molecule has 3 aromatic rings. The van der Waals surface area contributed by atoms with Crippen LogP contribution in [0, 0.1) is 5.92 Å². The van der Waals surface area contributed by atoms with Gasteiger partial charge in [0.05, 0.1) is 23.1 Å². The number of fused-ring (bicyclic) bond motifs is 1. The lowest BCUT2D eigenvalue weighted by Crippen LogP contribution is -2.36. The van der Waals surface area contributed by atoms with E-state index >= 15 is 0 Å². The number of H-pyrrole nitrogens is 1. The Bertz CT molecular complexity index is 879. The highest BCUT2D eigenvalue weighted by atomic mass is 16.1. The Kier molecular flexibility index (Phi) is 4.14. The third-order valence-corrected chi connectivity index (χ3v) is 5.13. The molecule has 4 rings (SSSR count). The quantitative estimate of drug-likeness (QED) is 0.770. The molecular weight excluding hydrogens is 312 g/mol. The Morgan fingerprint density at radius 2 is 1.92 bits per heavy atom. The highest BCUT2D eigenvalue weighted by molar-refractivity contribution is 6.06. The monoisotopic (exact) mass is 334 g/mol. The smallest absolute Gasteiger partial charge is 0.250 e. The van der Waals surface area contributed by atoms with Gasteiger partial charge in [-0.3, -0.25) is 4.79 Å². The Balaban J connectivity index is 1.54. The number of piperidine rings is 1. The number of aromatic amines is 1. The number of carbonyl (C=O) groups is 1. The first kappa shape index (κ1) is 15.7. The van der Waals surface area contributed by atoms with E-state index in [1.54, 1.807) is 12.4 Å². The fourth-order valence-corrected chi connectivity index (χ4v) is 3.82. The van der Waals surface area contributed by atoms with E-state index in [2.05, 4.69) is 45.2 Å². The number of aromatic nitrogens is 2. The second-order valence-electron chi connectivity index (χ2n) is 6.74. The first-order valence-corrected chi connectivity index (χ1v) is 8.77. The molecule has 0 atom stereocenters. The molecule has 3 N–H and O–H groups in total. The topological polar surface area (TPSA) is 75.0 Å². The maximum Gasteiger partial charge on any atom is 0.250 e. The van der Waals surface area contributed by atoms with Gasteiger partial charge >= 0.3 is 0 Å². The molecule has 2 heterocycles. The molecule has 128 valence electrons. The molecular formula is C20H22N4O. The van der Waals surface area contributed by atoms with E-state index in [-0.39, 0.29) is 0 Å². The van der Waals surface area contributed by atoms with E-state index < -0.39 is 5.91 Å². The summed E-state index contributed by atoms with van der Waals surface area (Å²) >= 11 is 0. The minimum absolute atomic E-state index is 0.397. The summed E-state index contributed by atoms with van der Waals surface area (Å²) in [5.41, 5.74) is 10.2. The number of imidazole rings is 1. The van der Waals surface area contributed by atoms with E-state index in [0.29, 0.717) is 11.5 Å². The van der Waals surface area contributed by atoms with Crippen molar-refractivity contribution in [2.75, 3.05) is 18.0 Å². The van der Waals surface area contributed by atoms with Crippen molar-refractivity contribution in [2.45, 2.75) is 19.3 Å². The number of hydrogen-bond acceptors (Lipinski definition) is 3. The van der Waals surface area contributed by atoms with Crippen LogP contribution in [-0.2, 0) is 6.42 Å². The van der Waals surface area contributed by atoms with Crippen LogP contribution in [0.15, 0.2) is 48.8 Å². The molecule has 1 aliphatic heterocycles. The highest BCUT2D eigenvalue weighted by Crippen LogP contribution is 2.32. The lowest BCUT2D eigenvalue weighted by atomic mass is 9.89. The van der Waals surface area contributed by atoms with Gasteiger partial charge in [0.1, 0.15) is 5.52 Å². The number of rotatable bonds is 4. The van der Waals surface area contributed by atoms with Gasteiger partial charge in [-0.2, -0.15) is 0 Å². The van der Waals surface area contributed by atoms with E-state index in [1.165, 1.54) is 5.56 Å². The van der Waals surface area contributed by atoms with Crippen LogP contribution in [0.4, 0.5) is 5.69 Å². The fraction of sp³-hybridized carbons (Fsp3) is 0.300. The Hall–Kier alpha value is -2.82. The minimum Gasteiger partial charge on any atom is -0.369 e. The molecule has 5 heteroatoms. The average molecular weight is 334 g/mol. The maximum absolute atomic E-state index is 11.9. The Labute approximate surface area is 146 Å². The van der Waals surface area contributed by atoms with Crippen molar-refractivity contribution in [3.8, 4) is 0 Å². The van der Waals surface area contributed by atoms with Crippen molar-refractivity contribution in [3.63, 3.8) is 0 Å². The van der Waals surface area contributed by atoms with Gasteiger partial charge in [0.25, 0.3) is 5.91 Å². The van der Waals surface area contributed by atoms with Gasteiger partial charge in [0.15, 0.2) is 0 Å². The van der Waals surface area contributed by atoms with Gasteiger partial charge in [-0.1, -0.05) is 30.3 Å². The average Bonchev–Trinajstić information content (AvgIpc) is 3.11. The molecule has 0 unspecified atom stereocenters. The van der Waals surface area contributed by atoms with E-state index in [9.17, 15) is 4.79 Å². The van der Waals surface area contributed by atoms with Gasteiger partial charge in [-0.25, -0.2) is 4.98 Å². The van der Waals surface area contributed by atoms with E-state index in [4.69, 9.17) is 5.73 Å². The first-order chi connectivity index (χ1) is 12.2. The molecule has 0 saturated carbocycles. The highest BCUT2D eigenvalue weighted by Gasteiger charge is 2.25. The summed E-state index contributed by atoms with van der Waals surface area (Å²) in [6.45, 7) is 1.84. The first-order valence-electron chi connectivity index (χ1n) is 8.77. The van der Waals surface area contributed by atoms with Crippen LogP contribution in [0.1, 0.15) is 28.8 Å². The number of benzene rings is 2. The van der Waals surface area contributed by atoms with Crippen molar-refractivity contribution in [1.29, 1.82) is 0 Å². The SMILES string of the molecule is NC(=O)c1ccc2[nH]cnc2c1N1CCC(Cc2ccccc2)CC1. The van der Waals surface area contributed by atoms with Crippen LogP contribution in [0.2, 0.25) is 0 Å². The van der Waals surface area contributed by atoms with Crippen molar-refractivity contribution < 1.29 is 4.79 Å². The molecule has 0 radical (unpaired) electrons. The summed E-state index contributed by atoms with van der Waals surface area (Å²) in [5, 5.41) is 0. The zero-order valence-electron chi connectivity index (χ0n) is 14.1. The molecule has 1 saturated heterocycles. The number of nitrogens with one attached hydrogen (secondary N) is 1. The number of nitrogens with two attached hydrogens (primary N) is 1. The van der Waals surface area contributed by atoms with Crippen LogP contribution < -0.4 is 10.6 Å². The second kappa shape index (κ2) is 6.59. The van der Waals surface area contributed by atoms with Gasteiger partial charge in [0.2, 0.25) is 0 Å². The predicted molar refractivity (Wildman–Crippen MR) is 99.7 cm³/mol. The molecule has 1 fully saturated rings. The zero-order valence-corrected chi connectivity index (χ0v) is 14.1. The lowest BCUT2D eigenvalue weighted by Gasteiger charge is -2.34. The summed E-state index contributed by atoms with van der Waals surface area (Å²) in [6, 6.07) is 14.3. The molecule has 0 spiro atoms. The standard InChI is InChI=1S/C20H22N4O/c21-20(25)16-6-7-17-18(23-13-22-17)19(16)24-10-8-15(9-11-24)12-14-4-2-1-3-5-14/h1-7,13,15H,8-12H2,(H2,21,25)(H,22,23). The zero-order chi connectivity index (χ0) is 17.2. The van der Waals surface area contributed by atoms with E-state index in [1.807, 2.05) is 6.07 Å². The predicted octanol–water partition coefficient (Wildman–Crippen LogP) is 3.12. The molecule has 0 aliphatic carbocycles. The van der Waals surface area contributed by atoms with Crippen molar-refractivity contribution in [1.82, 2.24) is 9.97 Å². The fourth-order valence-electron chi connectivity index (χ4n) is 3.82. The maximum atomic E-state index is 11.9. The Morgan fingerprint density at radius 1 is 1.16 bits per heavy atom. The molecule has 1 aromatic heterocycles. The number of primary amides is 1. The number of carbonyl (C=O) groups excluding carboxylic acids is 1. The number of hydrogen-bond donors (Lipinski definition) is 2. The summed E-state index contributed by atoms with van der Waals surface area (Å²) in [5.74, 6) is 0.278. The van der Waals surface area contributed by atoms with Gasteiger partial charge < -0.3 is 15.6 Å².